The van der Waals surface area contributed by atoms with Crippen LogP contribution in [0.15, 0.2) is 18.3 Å². The summed E-state index contributed by atoms with van der Waals surface area (Å²) < 4.78 is 0. The molecule has 1 atom stereocenters. The lowest BCUT2D eigenvalue weighted by Crippen LogP contribution is -2.29. The third-order valence-electron chi connectivity index (χ3n) is 3.79. The molecule has 0 radical (unpaired) electrons. The molecule has 0 bridgehead atoms. The average molecular weight is 204 g/mol. The smallest absolute Gasteiger partial charge is 0.0372 e. The predicted octanol–water partition coefficient (Wildman–Crippen LogP) is 2.97. The third kappa shape index (κ3) is 2.05. The monoisotopic (exact) mass is 204 g/mol. The van der Waals surface area contributed by atoms with E-state index in [9.17, 15) is 0 Å². The summed E-state index contributed by atoms with van der Waals surface area (Å²) in [7, 11) is 0. The summed E-state index contributed by atoms with van der Waals surface area (Å²) in [5.74, 6) is 0. The molecular formula is C13H20N2. The lowest BCUT2D eigenvalue weighted by molar-refractivity contribution is 0.265. The van der Waals surface area contributed by atoms with E-state index in [1.54, 1.807) is 0 Å². The van der Waals surface area contributed by atoms with Gasteiger partial charge >= 0.3 is 0 Å². The zero-order valence-electron chi connectivity index (χ0n) is 9.66. The molecular weight excluding hydrogens is 184 g/mol. The highest BCUT2D eigenvalue weighted by molar-refractivity contribution is 5.19. The van der Waals surface area contributed by atoms with Crippen molar-refractivity contribution in [3.05, 3.63) is 29.6 Å². The first-order valence-electron chi connectivity index (χ1n) is 5.80. The van der Waals surface area contributed by atoms with Crippen molar-refractivity contribution >= 4 is 0 Å². The minimum Gasteiger partial charge on any atom is -0.323 e. The fourth-order valence-electron chi connectivity index (χ4n) is 2.56. The summed E-state index contributed by atoms with van der Waals surface area (Å²) in [6, 6.07) is 4.32. The summed E-state index contributed by atoms with van der Waals surface area (Å²) in [5, 5.41) is 0. The highest BCUT2D eigenvalue weighted by atomic mass is 14.7. The summed E-state index contributed by atoms with van der Waals surface area (Å²) in [6.07, 6.45) is 7.08. The van der Waals surface area contributed by atoms with Gasteiger partial charge in [0.05, 0.1) is 0 Å². The van der Waals surface area contributed by atoms with Crippen LogP contribution in [-0.4, -0.2) is 4.98 Å². The van der Waals surface area contributed by atoms with Gasteiger partial charge in [-0.3, -0.25) is 4.98 Å². The Bertz CT molecular complexity index is 323. The highest BCUT2D eigenvalue weighted by Crippen LogP contribution is 2.45. The van der Waals surface area contributed by atoms with E-state index in [0.29, 0.717) is 0 Å². The van der Waals surface area contributed by atoms with E-state index in [2.05, 4.69) is 18.0 Å². The van der Waals surface area contributed by atoms with Gasteiger partial charge < -0.3 is 5.73 Å². The fraction of sp³-hybridized carbons (Fsp3) is 0.615. The van der Waals surface area contributed by atoms with E-state index in [1.807, 2.05) is 19.2 Å². The van der Waals surface area contributed by atoms with Gasteiger partial charge in [-0.1, -0.05) is 25.8 Å². The van der Waals surface area contributed by atoms with Crippen LogP contribution in [-0.2, 0) is 0 Å². The summed E-state index contributed by atoms with van der Waals surface area (Å²) in [5.41, 5.74) is 8.88. The van der Waals surface area contributed by atoms with E-state index in [0.717, 1.165) is 5.69 Å². The van der Waals surface area contributed by atoms with Crippen LogP contribution >= 0.6 is 0 Å². The molecule has 0 amide bonds. The molecule has 0 aromatic carbocycles. The van der Waals surface area contributed by atoms with Gasteiger partial charge in [0, 0.05) is 17.9 Å². The molecule has 15 heavy (non-hydrogen) atoms. The van der Waals surface area contributed by atoms with Crippen molar-refractivity contribution in [3.8, 4) is 0 Å². The van der Waals surface area contributed by atoms with Gasteiger partial charge in [0.1, 0.15) is 0 Å². The van der Waals surface area contributed by atoms with Crippen LogP contribution < -0.4 is 5.73 Å². The highest BCUT2D eigenvalue weighted by Gasteiger charge is 2.35. The Morgan fingerprint density at radius 1 is 1.33 bits per heavy atom. The number of aromatic nitrogens is 1. The molecule has 1 aromatic rings. The summed E-state index contributed by atoms with van der Waals surface area (Å²) >= 11 is 0. The molecule has 2 heteroatoms. The molecule has 1 saturated carbocycles. The average Bonchev–Trinajstić information content (AvgIpc) is 2.67. The molecule has 0 spiro atoms. The molecule has 0 aliphatic heterocycles. The Morgan fingerprint density at radius 2 is 2.00 bits per heavy atom. The molecule has 1 aliphatic carbocycles. The Labute approximate surface area is 91.9 Å². The number of hydrogen-bond acceptors (Lipinski definition) is 2. The topological polar surface area (TPSA) is 38.9 Å². The SMILES string of the molecule is Cc1ccc(C(N)C2(C)CCCC2)cn1. The summed E-state index contributed by atoms with van der Waals surface area (Å²) in [4.78, 5) is 4.32. The lowest BCUT2D eigenvalue weighted by atomic mass is 9.78. The van der Waals surface area contributed by atoms with Crippen molar-refractivity contribution in [1.29, 1.82) is 0 Å². The van der Waals surface area contributed by atoms with Crippen LogP contribution in [0.5, 0.6) is 0 Å². The van der Waals surface area contributed by atoms with Crippen molar-refractivity contribution in [2.45, 2.75) is 45.6 Å². The van der Waals surface area contributed by atoms with Crippen molar-refractivity contribution in [3.63, 3.8) is 0 Å². The van der Waals surface area contributed by atoms with Gasteiger partial charge in [0.15, 0.2) is 0 Å². The van der Waals surface area contributed by atoms with E-state index < -0.39 is 0 Å². The zero-order chi connectivity index (χ0) is 10.9. The number of pyridine rings is 1. The normalized spacial score (nSPS) is 21.5. The van der Waals surface area contributed by atoms with Crippen LogP contribution in [0.4, 0.5) is 0 Å². The van der Waals surface area contributed by atoms with Crippen molar-refractivity contribution in [1.82, 2.24) is 4.98 Å². The molecule has 1 heterocycles. The first kappa shape index (κ1) is 10.6. The van der Waals surface area contributed by atoms with Crippen molar-refractivity contribution in [2.75, 3.05) is 0 Å². The van der Waals surface area contributed by atoms with Crippen LogP contribution in [0.2, 0.25) is 0 Å². The van der Waals surface area contributed by atoms with Gasteiger partial charge in [0.25, 0.3) is 0 Å². The predicted molar refractivity (Wildman–Crippen MR) is 62.5 cm³/mol. The maximum absolute atomic E-state index is 6.34. The zero-order valence-corrected chi connectivity index (χ0v) is 9.66. The number of hydrogen-bond donors (Lipinski definition) is 1. The van der Waals surface area contributed by atoms with Gasteiger partial charge in [-0.15, -0.1) is 0 Å². The van der Waals surface area contributed by atoms with E-state index in [1.165, 1.54) is 31.2 Å². The van der Waals surface area contributed by atoms with Crippen LogP contribution in [0, 0.1) is 12.3 Å². The van der Waals surface area contributed by atoms with Crippen LogP contribution in [0.25, 0.3) is 0 Å². The first-order valence-corrected chi connectivity index (χ1v) is 5.80. The molecule has 2 nitrogen and oxygen atoms in total. The van der Waals surface area contributed by atoms with Gasteiger partial charge in [-0.05, 0) is 36.8 Å². The number of aryl methyl sites for hydroxylation is 1. The van der Waals surface area contributed by atoms with Gasteiger partial charge in [-0.25, -0.2) is 0 Å². The number of nitrogens with two attached hydrogens (primary N) is 1. The lowest BCUT2D eigenvalue weighted by Gasteiger charge is -2.31. The van der Waals surface area contributed by atoms with Crippen LogP contribution in [0.3, 0.4) is 0 Å². The molecule has 82 valence electrons. The maximum Gasteiger partial charge on any atom is 0.0372 e. The minimum atomic E-state index is 0.146. The Kier molecular flexibility index (Phi) is 2.79. The largest absolute Gasteiger partial charge is 0.323 e. The third-order valence-corrected chi connectivity index (χ3v) is 3.79. The molecule has 2 rings (SSSR count). The van der Waals surface area contributed by atoms with E-state index in [-0.39, 0.29) is 11.5 Å². The molecule has 1 unspecified atom stereocenters. The summed E-state index contributed by atoms with van der Waals surface area (Å²) in [6.45, 7) is 4.32. The van der Waals surface area contributed by atoms with Crippen molar-refractivity contribution in [2.24, 2.45) is 11.1 Å². The number of nitrogens with zero attached hydrogens (tertiary/aromatic N) is 1. The van der Waals surface area contributed by atoms with Crippen molar-refractivity contribution < 1.29 is 0 Å². The first-order chi connectivity index (χ1) is 7.12. The van der Waals surface area contributed by atoms with Gasteiger partial charge in [0.2, 0.25) is 0 Å². The second-order valence-electron chi connectivity index (χ2n) is 5.07. The number of rotatable bonds is 2. The quantitative estimate of drug-likeness (QED) is 0.804. The molecule has 1 fully saturated rings. The van der Waals surface area contributed by atoms with E-state index in [4.69, 9.17) is 5.73 Å². The second kappa shape index (κ2) is 3.93. The minimum absolute atomic E-state index is 0.146. The Morgan fingerprint density at radius 3 is 2.53 bits per heavy atom. The molecule has 1 aromatic heterocycles. The molecule has 0 saturated heterocycles. The Hall–Kier alpha value is -0.890. The second-order valence-corrected chi connectivity index (χ2v) is 5.07. The van der Waals surface area contributed by atoms with Gasteiger partial charge in [-0.2, -0.15) is 0 Å². The maximum atomic E-state index is 6.34. The fourth-order valence-corrected chi connectivity index (χ4v) is 2.56. The van der Waals surface area contributed by atoms with E-state index >= 15 is 0 Å². The van der Waals surface area contributed by atoms with Crippen LogP contribution in [0.1, 0.15) is 49.9 Å². The molecule has 1 aliphatic rings. The standard InChI is InChI=1S/C13H20N2/c1-10-5-6-11(9-15-10)12(14)13(2)7-3-4-8-13/h5-6,9,12H,3-4,7-8,14H2,1-2H3. The Balaban J connectivity index is 2.19. The molecule has 2 N–H and O–H groups in total.